The number of benzene rings is 2. The SMILES string of the molecule is Cc1cc(C)c(NC(=O)[C@@H](C)Sc2ccc(F)c(F)c2)c(C)c1. The Morgan fingerprint density at radius 2 is 1.65 bits per heavy atom. The monoisotopic (exact) mass is 335 g/mol. The summed E-state index contributed by atoms with van der Waals surface area (Å²) in [5.74, 6) is -1.97. The molecule has 0 aliphatic carbocycles. The number of thioether (sulfide) groups is 1. The molecule has 0 saturated heterocycles. The van der Waals surface area contributed by atoms with Crippen molar-refractivity contribution in [3.8, 4) is 0 Å². The molecule has 2 aromatic rings. The summed E-state index contributed by atoms with van der Waals surface area (Å²) in [6, 6.07) is 7.66. The molecule has 23 heavy (non-hydrogen) atoms. The molecule has 0 saturated carbocycles. The molecule has 0 fully saturated rings. The first-order chi connectivity index (χ1) is 10.8. The smallest absolute Gasteiger partial charge is 0.237 e. The maximum atomic E-state index is 13.2. The molecule has 2 rings (SSSR count). The largest absolute Gasteiger partial charge is 0.325 e. The van der Waals surface area contributed by atoms with Gasteiger partial charge in [0.25, 0.3) is 0 Å². The number of rotatable bonds is 4. The Bertz CT molecular complexity index is 723. The Balaban J connectivity index is 2.10. The standard InChI is InChI=1S/C18H19F2NOS/c1-10-7-11(2)17(12(3)8-10)21-18(22)13(4)23-14-5-6-15(19)16(20)9-14/h5-9,13H,1-4H3,(H,21,22)/t13-/m1/s1. The van der Waals surface area contributed by atoms with Crippen LogP contribution in [0.25, 0.3) is 0 Å². The van der Waals surface area contributed by atoms with E-state index in [2.05, 4.69) is 5.32 Å². The van der Waals surface area contributed by atoms with Crippen LogP contribution in [0.3, 0.4) is 0 Å². The number of aryl methyl sites for hydroxylation is 3. The lowest BCUT2D eigenvalue weighted by Crippen LogP contribution is -2.23. The molecule has 0 aliphatic rings. The van der Waals surface area contributed by atoms with Crippen LogP contribution in [0, 0.1) is 32.4 Å². The predicted octanol–water partition coefficient (Wildman–Crippen LogP) is 5.01. The third kappa shape index (κ3) is 4.32. The van der Waals surface area contributed by atoms with E-state index >= 15 is 0 Å². The zero-order valence-corrected chi connectivity index (χ0v) is 14.4. The van der Waals surface area contributed by atoms with E-state index in [9.17, 15) is 13.6 Å². The van der Waals surface area contributed by atoms with Crippen LogP contribution >= 0.6 is 11.8 Å². The van der Waals surface area contributed by atoms with E-state index < -0.39 is 16.9 Å². The fourth-order valence-corrected chi connectivity index (χ4v) is 3.30. The Labute approximate surface area is 139 Å². The minimum absolute atomic E-state index is 0.171. The van der Waals surface area contributed by atoms with Crippen molar-refractivity contribution >= 4 is 23.4 Å². The average molecular weight is 335 g/mol. The Morgan fingerprint density at radius 3 is 2.22 bits per heavy atom. The van der Waals surface area contributed by atoms with Crippen molar-refractivity contribution in [2.45, 2.75) is 37.8 Å². The average Bonchev–Trinajstić information content (AvgIpc) is 2.46. The highest BCUT2D eigenvalue weighted by Gasteiger charge is 2.17. The predicted molar refractivity (Wildman–Crippen MR) is 91.0 cm³/mol. The maximum Gasteiger partial charge on any atom is 0.237 e. The minimum atomic E-state index is -0.909. The first kappa shape index (κ1) is 17.5. The van der Waals surface area contributed by atoms with Gasteiger partial charge >= 0.3 is 0 Å². The van der Waals surface area contributed by atoms with E-state index in [1.165, 1.54) is 17.8 Å². The van der Waals surface area contributed by atoms with E-state index in [0.29, 0.717) is 4.90 Å². The van der Waals surface area contributed by atoms with Crippen molar-refractivity contribution in [1.82, 2.24) is 0 Å². The highest BCUT2D eigenvalue weighted by molar-refractivity contribution is 8.00. The van der Waals surface area contributed by atoms with Gasteiger partial charge in [0.2, 0.25) is 5.91 Å². The van der Waals surface area contributed by atoms with Gasteiger partial charge in [0.05, 0.1) is 5.25 Å². The normalized spacial score (nSPS) is 12.1. The molecule has 1 amide bonds. The molecule has 5 heteroatoms. The first-order valence-corrected chi connectivity index (χ1v) is 8.16. The minimum Gasteiger partial charge on any atom is -0.325 e. The molecule has 0 radical (unpaired) electrons. The summed E-state index contributed by atoms with van der Waals surface area (Å²) < 4.78 is 26.2. The molecular weight excluding hydrogens is 316 g/mol. The van der Waals surface area contributed by atoms with E-state index in [-0.39, 0.29) is 5.91 Å². The van der Waals surface area contributed by atoms with Crippen molar-refractivity contribution in [2.75, 3.05) is 5.32 Å². The Hall–Kier alpha value is -1.88. The van der Waals surface area contributed by atoms with Crippen LogP contribution in [0.15, 0.2) is 35.2 Å². The van der Waals surface area contributed by atoms with Crippen molar-refractivity contribution in [1.29, 1.82) is 0 Å². The lowest BCUT2D eigenvalue weighted by molar-refractivity contribution is -0.115. The Morgan fingerprint density at radius 1 is 1.04 bits per heavy atom. The number of anilines is 1. The molecule has 0 unspecified atom stereocenters. The zero-order valence-electron chi connectivity index (χ0n) is 13.5. The molecule has 1 N–H and O–H groups in total. The van der Waals surface area contributed by atoms with Crippen LogP contribution in [0.5, 0.6) is 0 Å². The van der Waals surface area contributed by atoms with Crippen molar-refractivity contribution in [3.05, 3.63) is 58.7 Å². The lowest BCUT2D eigenvalue weighted by Gasteiger charge is -2.16. The molecule has 2 nitrogen and oxygen atoms in total. The van der Waals surface area contributed by atoms with Crippen LogP contribution in [0.2, 0.25) is 0 Å². The van der Waals surface area contributed by atoms with E-state index in [1.807, 2.05) is 32.9 Å². The third-order valence-electron chi connectivity index (χ3n) is 3.50. The summed E-state index contributed by atoms with van der Waals surface area (Å²) in [7, 11) is 0. The van der Waals surface area contributed by atoms with Crippen LogP contribution in [0.1, 0.15) is 23.6 Å². The van der Waals surface area contributed by atoms with Gasteiger partial charge in [-0.25, -0.2) is 8.78 Å². The molecule has 0 aromatic heterocycles. The maximum absolute atomic E-state index is 13.2. The second-order valence-electron chi connectivity index (χ2n) is 5.60. The van der Waals surface area contributed by atoms with Gasteiger partial charge in [-0.3, -0.25) is 4.79 Å². The van der Waals surface area contributed by atoms with Gasteiger partial charge in [-0.15, -0.1) is 11.8 Å². The van der Waals surface area contributed by atoms with Crippen LogP contribution in [-0.4, -0.2) is 11.2 Å². The summed E-state index contributed by atoms with van der Waals surface area (Å²) >= 11 is 1.19. The van der Waals surface area contributed by atoms with Gasteiger partial charge < -0.3 is 5.32 Å². The van der Waals surface area contributed by atoms with Crippen LogP contribution in [-0.2, 0) is 4.79 Å². The second-order valence-corrected chi connectivity index (χ2v) is 7.01. The van der Waals surface area contributed by atoms with Crippen LogP contribution in [0.4, 0.5) is 14.5 Å². The Kier molecular flexibility index (Phi) is 5.42. The van der Waals surface area contributed by atoms with Gasteiger partial charge in [-0.2, -0.15) is 0 Å². The molecule has 122 valence electrons. The topological polar surface area (TPSA) is 29.1 Å². The van der Waals surface area contributed by atoms with Gasteiger partial charge in [0, 0.05) is 10.6 Å². The third-order valence-corrected chi connectivity index (χ3v) is 4.59. The number of amides is 1. The van der Waals surface area contributed by atoms with E-state index in [0.717, 1.165) is 34.5 Å². The quantitative estimate of drug-likeness (QED) is 0.796. The van der Waals surface area contributed by atoms with Gasteiger partial charge in [-0.1, -0.05) is 17.7 Å². The molecule has 1 atom stereocenters. The number of halogens is 2. The number of hydrogen-bond donors (Lipinski definition) is 1. The van der Waals surface area contributed by atoms with Gasteiger partial charge in [-0.05, 0) is 57.0 Å². The van der Waals surface area contributed by atoms with Gasteiger partial charge in [0.15, 0.2) is 11.6 Å². The molecule has 0 heterocycles. The van der Waals surface area contributed by atoms with E-state index in [4.69, 9.17) is 0 Å². The highest BCUT2D eigenvalue weighted by Crippen LogP contribution is 2.27. The molecule has 0 bridgehead atoms. The second kappa shape index (κ2) is 7.13. The molecule has 2 aromatic carbocycles. The van der Waals surface area contributed by atoms with Crippen molar-refractivity contribution < 1.29 is 13.6 Å². The molecule has 0 aliphatic heterocycles. The van der Waals surface area contributed by atoms with Gasteiger partial charge in [0.1, 0.15) is 0 Å². The summed E-state index contributed by atoms with van der Waals surface area (Å²) in [6.07, 6.45) is 0. The summed E-state index contributed by atoms with van der Waals surface area (Å²) in [6.45, 7) is 7.64. The summed E-state index contributed by atoms with van der Waals surface area (Å²) in [5, 5.41) is 2.49. The molecular formula is C18H19F2NOS. The summed E-state index contributed by atoms with van der Waals surface area (Å²) in [4.78, 5) is 12.9. The number of hydrogen-bond acceptors (Lipinski definition) is 2. The lowest BCUT2D eigenvalue weighted by atomic mass is 10.1. The van der Waals surface area contributed by atoms with Crippen molar-refractivity contribution in [3.63, 3.8) is 0 Å². The van der Waals surface area contributed by atoms with Crippen LogP contribution < -0.4 is 5.32 Å². The fourth-order valence-electron chi connectivity index (χ4n) is 2.41. The zero-order chi connectivity index (χ0) is 17.1. The molecule has 0 spiro atoms. The van der Waals surface area contributed by atoms with E-state index in [1.54, 1.807) is 6.92 Å². The number of carbonyl (C=O) groups is 1. The highest BCUT2D eigenvalue weighted by atomic mass is 32.2. The number of carbonyl (C=O) groups excluding carboxylic acids is 1. The summed E-state index contributed by atoms with van der Waals surface area (Å²) in [5.41, 5.74) is 3.95. The first-order valence-electron chi connectivity index (χ1n) is 7.28. The number of nitrogens with one attached hydrogen (secondary N) is 1. The van der Waals surface area contributed by atoms with Crippen molar-refractivity contribution in [2.24, 2.45) is 0 Å². The fraction of sp³-hybridized carbons (Fsp3) is 0.278.